The predicted molar refractivity (Wildman–Crippen MR) is 144 cm³/mol. The summed E-state index contributed by atoms with van der Waals surface area (Å²) in [7, 11) is -4.16. The number of nitrogens with zero attached hydrogens (tertiary/aromatic N) is 1. The quantitative estimate of drug-likeness (QED) is 0.263. The molecule has 9 heteroatoms. The van der Waals surface area contributed by atoms with Crippen LogP contribution in [-0.4, -0.2) is 20.9 Å². The van der Waals surface area contributed by atoms with Gasteiger partial charge in [-0.15, -0.1) is 0 Å². The van der Waals surface area contributed by atoms with E-state index in [4.69, 9.17) is 27.9 Å². The molecular formula is C27H22Cl2N2O4S. The van der Waals surface area contributed by atoms with Crippen LogP contribution in [0, 0.1) is 6.92 Å². The van der Waals surface area contributed by atoms with Crippen LogP contribution < -0.4 is 14.4 Å². The van der Waals surface area contributed by atoms with Crippen LogP contribution in [-0.2, 0) is 14.8 Å². The highest BCUT2D eigenvalue weighted by molar-refractivity contribution is 7.92. The Balaban J connectivity index is 1.65. The molecule has 4 aromatic carbocycles. The van der Waals surface area contributed by atoms with Crippen molar-refractivity contribution in [3.05, 3.63) is 113 Å². The molecule has 0 unspecified atom stereocenters. The van der Waals surface area contributed by atoms with Crippen molar-refractivity contribution in [2.45, 2.75) is 11.8 Å². The molecule has 0 aliphatic rings. The van der Waals surface area contributed by atoms with Gasteiger partial charge in [0.25, 0.3) is 10.0 Å². The molecule has 0 aliphatic heterocycles. The number of nitrogens with one attached hydrogen (secondary N) is 1. The van der Waals surface area contributed by atoms with E-state index >= 15 is 0 Å². The number of rotatable bonds is 8. The van der Waals surface area contributed by atoms with Crippen molar-refractivity contribution in [3.63, 3.8) is 0 Å². The van der Waals surface area contributed by atoms with Gasteiger partial charge in [-0.05, 0) is 61.5 Å². The number of ether oxygens (including phenoxy) is 1. The molecule has 0 aromatic heterocycles. The normalized spacial score (nSPS) is 11.1. The van der Waals surface area contributed by atoms with Gasteiger partial charge in [0.2, 0.25) is 5.91 Å². The molecule has 36 heavy (non-hydrogen) atoms. The maximum atomic E-state index is 13.6. The number of carbonyl (C=O) groups excluding carboxylic acids is 1. The zero-order chi connectivity index (χ0) is 25.7. The number of amides is 1. The van der Waals surface area contributed by atoms with Gasteiger partial charge in [-0.25, -0.2) is 8.42 Å². The van der Waals surface area contributed by atoms with Crippen molar-refractivity contribution in [2.75, 3.05) is 16.2 Å². The minimum absolute atomic E-state index is 0.0183. The number of carbonyl (C=O) groups is 1. The Hall–Kier alpha value is -3.52. The highest BCUT2D eigenvalue weighted by atomic mass is 35.5. The summed E-state index contributed by atoms with van der Waals surface area (Å²) in [6, 6.07) is 26.8. The third kappa shape index (κ3) is 5.99. The second kappa shape index (κ2) is 11.0. The minimum atomic E-state index is -4.16. The standard InChI is InChI=1S/C27H22Cl2N2O4S/c1-19-11-14-22(15-12-19)36(33,34)31(25-17-20(28)13-16-23(25)29)18-27(32)30-24-9-5-6-10-26(24)35-21-7-3-2-4-8-21/h2-17H,18H2,1H3,(H,30,32). The van der Waals surface area contributed by atoms with Crippen molar-refractivity contribution in [1.82, 2.24) is 0 Å². The Kier molecular flexibility index (Phi) is 7.84. The summed E-state index contributed by atoms with van der Waals surface area (Å²) in [5, 5.41) is 3.16. The lowest BCUT2D eigenvalue weighted by Gasteiger charge is -2.25. The minimum Gasteiger partial charge on any atom is -0.455 e. The molecule has 1 amide bonds. The molecule has 6 nitrogen and oxygen atoms in total. The molecule has 4 rings (SSSR count). The lowest BCUT2D eigenvalue weighted by Crippen LogP contribution is -2.38. The van der Waals surface area contributed by atoms with E-state index in [9.17, 15) is 13.2 Å². The van der Waals surface area contributed by atoms with Crippen LogP contribution in [0.2, 0.25) is 10.0 Å². The van der Waals surface area contributed by atoms with Crippen LogP contribution >= 0.6 is 23.2 Å². The average molecular weight is 541 g/mol. The fraction of sp³-hybridized carbons (Fsp3) is 0.0741. The van der Waals surface area contributed by atoms with E-state index in [0.717, 1.165) is 9.87 Å². The fourth-order valence-corrected chi connectivity index (χ4v) is 5.28. The number of halogens is 2. The summed E-state index contributed by atoms with van der Waals surface area (Å²) in [5.74, 6) is 0.408. The molecule has 0 saturated heterocycles. The first-order valence-electron chi connectivity index (χ1n) is 10.9. The Morgan fingerprint density at radius 1 is 0.889 bits per heavy atom. The molecule has 0 radical (unpaired) electrons. The van der Waals surface area contributed by atoms with Gasteiger partial charge < -0.3 is 10.1 Å². The van der Waals surface area contributed by atoms with Gasteiger partial charge in [-0.1, -0.05) is 71.2 Å². The third-order valence-electron chi connectivity index (χ3n) is 5.21. The second-order valence-corrected chi connectivity index (χ2v) is 10.6. The van der Waals surface area contributed by atoms with Gasteiger partial charge in [0.1, 0.15) is 12.3 Å². The van der Waals surface area contributed by atoms with Gasteiger partial charge in [-0.2, -0.15) is 0 Å². The zero-order valence-electron chi connectivity index (χ0n) is 19.2. The van der Waals surface area contributed by atoms with E-state index < -0.39 is 22.5 Å². The number of anilines is 2. The Labute approximate surface area is 220 Å². The van der Waals surface area contributed by atoms with Crippen molar-refractivity contribution in [2.24, 2.45) is 0 Å². The molecule has 0 saturated carbocycles. The van der Waals surface area contributed by atoms with Crippen LogP contribution in [0.1, 0.15) is 5.56 Å². The lowest BCUT2D eigenvalue weighted by atomic mass is 10.2. The number of hydrogen-bond acceptors (Lipinski definition) is 4. The topological polar surface area (TPSA) is 75.7 Å². The molecular weight excluding hydrogens is 519 g/mol. The van der Waals surface area contributed by atoms with Crippen molar-refractivity contribution in [1.29, 1.82) is 0 Å². The third-order valence-corrected chi connectivity index (χ3v) is 7.53. The monoisotopic (exact) mass is 540 g/mol. The summed E-state index contributed by atoms with van der Waals surface area (Å²) in [6.07, 6.45) is 0. The summed E-state index contributed by atoms with van der Waals surface area (Å²) < 4.78 is 34.1. The Morgan fingerprint density at radius 2 is 1.56 bits per heavy atom. The second-order valence-electron chi connectivity index (χ2n) is 7.88. The maximum Gasteiger partial charge on any atom is 0.264 e. The van der Waals surface area contributed by atoms with Gasteiger partial charge in [0.15, 0.2) is 5.75 Å². The summed E-state index contributed by atoms with van der Waals surface area (Å²) in [4.78, 5) is 13.2. The van der Waals surface area contributed by atoms with Gasteiger partial charge in [-0.3, -0.25) is 9.10 Å². The Bertz CT molecular complexity index is 1480. The van der Waals surface area contributed by atoms with E-state index in [1.165, 1.54) is 24.3 Å². The molecule has 0 fully saturated rings. The fourth-order valence-electron chi connectivity index (χ4n) is 3.41. The average Bonchev–Trinajstić information content (AvgIpc) is 2.86. The molecule has 4 aromatic rings. The molecule has 0 bridgehead atoms. The van der Waals surface area contributed by atoms with Crippen LogP contribution in [0.15, 0.2) is 102 Å². The van der Waals surface area contributed by atoms with E-state index in [-0.39, 0.29) is 20.6 Å². The van der Waals surface area contributed by atoms with Crippen molar-refractivity contribution < 1.29 is 17.9 Å². The summed E-state index contributed by atoms with van der Waals surface area (Å²) in [5.41, 5.74) is 1.37. The van der Waals surface area contributed by atoms with Crippen molar-refractivity contribution >= 4 is 50.5 Å². The number of para-hydroxylation sites is 3. The van der Waals surface area contributed by atoms with Crippen molar-refractivity contribution in [3.8, 4) is 11.5 Å². The van der Waals surface area contributed by atoms with Gasteiger partial charge >= 0.3 is 0 Å². The van der Waals surface area contributed by atoms with E-state index in [2.05, 4.69) is 5.32 Å². The SMILES string of the molecule is Cc1ccc(S(=O)(=O)N(CC(=O)Nc2ccccc2Oc2ccccc2)c2cc(Cl)ccc2Cl)cc1. The largest absolute Gasteiger partial charge is 0.455 e. The van der Waals surface area contributed by atoms with E-state index in [1.54, 1.807) is 54.6 Å². The first-order valence-corrected chi connectivity index (χ1v) is 13.1. The molecule has 0 atom stereocenters. The van der Waals surface area contributed by atoms with Crippen LogP contribution in [0.5, 0.6) is 11.5 Å². The van der Waals surface area contributed by atoms with Crippen LogP contribution in [0.25, 0.3) is 0 Å². The Morgan fingerprint density at radius 3 is 2.28 bits per heavy atom. The first kappa shape index (κ1) is 25.6. The smallest absolute Gasteiger partial charge is 0.264 e. The molecule has 0 spiro atoms. The number of sulfonamides is 1. The summed E-state index contributed by atoms with van der Waals surface area (Å²) in [6.45, 7) is 1.31. The summed E-state index contributed by atoms with van der Waals surface area (Å²) >= 11 is 12.5. The molecule has 0 aliphatic carbocycles. The number of benzene rings is 4. The highest BCUT2D eigenvalue weighted by Gasteiger charge is 2.29. The first-order chi connectivity index (χ1) is 17.2. The highest BCUT2D eigenvalue weighted by Crippen LogP contribution is 2.34. The predicted octanol–water partition coefficient (Wildman–Crippen LogP) is 6.93. The van der Waals surface area contributed by atoms with E-state index in [1.807, 2.05) is 25.1 Å². The van der Waals surface area contributed by atoms with Gasteiger partial charge in [0.05, 0.1) is 21.3 Å². The molecule has 0 heterocycles. The van der Waals surface area contributed by atoms with Crippen LogP contribution in [0.4, 0.5) is 11.4 Å². The lowest BCUT2D eigenvalue weighted by molar-refractivity contribution is -0.114. The van der Waals surface area contributed by atoms with Crippen LogP contribution in [0.3, 0.4) is 0 Å². The number of hydrogen-bond donors (Lipinski definition) is 1. The van der Waals surface area contributed by atoms with E-state index in [0.29, 0.717) is 17.2 Å². The molecule has 184 valence electrons. The maximum absolute atomic E-state index is 13.6. The zero-order valence-corrected chi connectivity index (χ0v) is 21.5. The molecule has 1 N–H and O–H groups in total. The number of aryl methyl sites for hydroxylation is 1. The van der Waals surface area contributed by atoms with Gasteiger partial charge in [0, 0.05) is 5.02 Å².